The zero-order chi connectivity index (χ0) is 23.4. The first-order valence-corrected chi connectivity index (χ1v) is 11.6. The topological polar surface area (TPSA) is 84.9 Å². The Morgan fingerprint density at radius 2 is 1.66 bits per heavy atom. The number of anilines is 1. The van der Waals surface area contributed by atoms with Crippen LogP contribution in [-0.4, -0.2) is 31.1 Å². The van der Waals surface area contributed by atoms with Gasteiger partial charge in [-0.2, -0.15) is 0 Å². The lowest BCUT2D eigenvalue weighted by Gasteiger charge is -2.26. The molecule has 1 aliphatic rings. The fraction of sp³-hybridized carbons (Fsp3) is 0.261. The third-order valence-electron chi connectivity index (χ3n) is 4.40. The van der Waals surface area contributed by atoms with Crippen LogP contribution in [0.2, 0.25) is 0 Å². The molecule has 1 saturated heterocycles. The molecule has 0 aromatic heterocycles. The maximum Gasteiger partial charge on any atom is 0.335 e. The molecule has 1 N–H and O–H groups in total. The molecule has 0 spiro atoms. The smallest absolute Gasteiger partial charge is 0.335 e. The number of imide groups is 2. The third-order valence-corrected chi connectivity index (χ3v) is 5.58. The van der Waals surface area contributed by atoms with Crippen molar-refractivity contribution in [3.63, 3.8) is 0 Å². The number of barbiturate groups is 1. The highest BCUT2D eigenvalue weighted by atomic mass is 79.9. The Morgan fingerprint density at radius 3 is 2.22 bits per heavy atom. The molecule has 2 aromatic rings. The molecule has 3 rings (SSSR count). The lowest BCUT2D eigenvalue weighted by Crippen LogP contribution is -2.54. The van der Waals surface area contributed by atoms with E-state index in [4.69, 9.17) is 9.47 Å². The second-order valence-corrected chi connectivity index (χ2v) is 9.11. The summed E-state index contributed by atoms with van der Waals surface area (Å²) in [6.07, 6.45) is 1.44. The van der Waals surface area contributed by atoms with Gasteiger partial charge in [-0.3, -0.25) is 14.9 Å². The standard InChI is InChI=1S/C23H22Br2N2O5/c1-4-31-16-7-5-15(6-8-16)27-22(29)17(21(28)26-23(27)30)9-14-10-18(24)20(19(25)11-14)32-12-13(2)3/h5-11,13H,4,12H2,1-3H3,(H,26,28,30)/b17-9+. The van der Waals surface area contributed by atoms with Crippen molar-refractivity contribution in [2.45, 2.75) is 20.8 Å². The highest BCUT2D eigenvalue weighted by Crippen LogP contribution is 2.36. The molecule has 0 aliphatic carbocycles. The van der Waals surface area contributed by atoms with E-state index in [0.717, 1.165) is 4.90 Å². The largest absolute Gasteiger partial charge is 0.494 e. The van der Waals surface area contributed by atoms with Gasteiger partial charge >= 0.3 is 6.03 Å². The van der Waals surface area contributed by atoms with Crippen molar-refractivity contribution in [1.82, 2.24) is 5.32 Å². The molecule has 7 nitrogen and oxygen atoms in total. The lowest BCUT2D eigenvalue weighted by molar-refractivity contribution is -0.122. The summed E-state index contributed by atoms with van der Waals surface area (Å²) in [4.78, 5) is 38.8. The van der Waals surface area contributed by atoms with Crippen LogP contribution in [0.5, 0.6) is 11.5 Å². The molecule has 32 heavy (non-hydrogen) atoms. The Labute approximate surface area is 203 Å². The van der Waals surface area contributed by atoms with E-state index < -0.39 is 17.8 Å². The SMILES string of the molecule is CCOc1ccc(N2C(=O)NC(=O)/C(=C\c3cc(Br)c(OCC(C)C)c(Br)c3)C2=O)cc1. The number of rotatable bonds is 7. The average molecular weight is 566 g/mol. The van der Waals surface area contributed by atoms with Gasteiger partial charge in [-0.25, -0.2) is 9.69 Å². The number of amides is 4. The number of urea groups is 1. The van der Waals surface area contributed by atoms with Gasteiger partial charge in [0, 0.05) is 0 Å². The normalized spacial score (nSPS) is 15.4. The highest BCUT2D eigenvalue weighted by Gasteiger charge is 2.36. The van der Waals surface area contributed by atoms with E-state index in [-0.39, 0.29) is 5.57 Å². The summed E-state index contributed by atoms with van der Waals surface area (Å²) in [5.41, 5.74) is 0.752. The van der Waals surface area contributed by atoms with E-state index in [1.807, 2.05) is 20.8 Å². The first kappa shape index (κ1) is 24.0. The molecule has 0 radical (unpaired) electrons. The Bertz CT molecular complexity index is 1060. The number of hydrogen-bond donors (Lipinski definition) is 1. The number of nitrogens with one attached hydrogen (secondary N) is 1. The summed E-state index contributed by atoms with van der Waals surface area (Å²) in [6, 6.07) is 9.17. The Balaban J connectivity index is 1.92. The number of ether oxygens (including phenoxy) is 2. The fourth-order valence-electron chi connectivity index (χ4n) is 2.97. The van der Waals surface area contributed by atoms with Gasteiger partial charge in [0.15, 0.2) is 0 Å². The number of hydrogen-bond acceptors (Lipinski definition) is 5. The van der Waals surface area contributed by atoms with Gasteiger partial charge in [0.25, 0.3) is 11.8 Å². The molecule has 1 fully saturated rings. The Kier molecular flexibility index (Phi) is 7.73. The molecular formula is C23H22Br2N2O5. The Hall–Kier alpha value is -2.65. The van der Waals surface area contributed by atoms with Gasteiger partial charge in [0.2, 0.25) is 0 Å². The van der Waals surface area contributed by atoms with Crippen molar-refractivity contribution in [3.05, 3.63) is 56.5 Å². The summed E-state index contributed by atoms with van der Waals surface area (Å²) in [5.74, 6) is 0.129. The van der Waals surface area contributed by atoms with Gasteiger partial charge in [-0.1, -0.05) is 13.8 Å². The first-order valence-electron chi connectivity index (χ1n) is 9.97. The van der Waals surface area contributed by atoms with E-state index in [2.05, 4.69) is 37.2 Å². The second-order valence-electron chi connectivity index (χ2n) is 7.40. The average Bonchev–Trinajstić information content (AvgIpc) is 2.71. The molecule has 0 bridgehead atoms. The first-order chi connectivity index (χ1) is 15.2. The van der Waals surface area contributed by atoms with Gasteiger partial charge in [-0.15, -0.1) is 0 Å². The van der Waals surface area contributed by atoms with Crippen LogP contribution in [0.15, 0.2) is 50.9 Å². The number of benzene rings is 2. The van der Waals surface area contributed by atoms with Gasteiger partial charge in [0.1, 0.15) is 17.1 Å². The summed E-state index contributed by atoms with van der Waals surface area (Å²) in [7, 11) is 0. The maximum atomic E-state index is 13.1. The third kappa shape index (κ3) is 5.39. The number of carbonyl (C=O) groups excluding carboxylic acids is 3. The molecule has 0 atom stereocenters. The zero-order valence-electron chi connectivity index (χ0n) is 17.8. The quantitative estimate of drug-likeness (QED) is 0.363. The predicted octanol–water partition coefficient (Wildman–Crippen LogP) is 5.31. The molecule has 9 heteroatoms. The monoisotopic (exact) mass is 564 g/mol. The minimum atomic E-state index is -0.805. The molecule has 1 heterocycles. The molecule has 0 unspecified atom stereocenters. The van der Waals surface area contributed by atoms with E-state index in [1.165, 1.54) is 6.08 Å². The summed E-state index contributed by atoms with van der Waals surface area (Å²) >= 11 is 6.95. The minimum absolute atomic E-state index is 0.159. The van der Waals surface area contributed by atoms with Crippen LogP contribution in [0, 0.1) is 5.92 Å². The van der Waals surface area contributed by atoms with Gasteiger partial charge in [-0.05, 0) is 92.7 Å². The summed E-state index contributed by atoms with van der Waals surface area (Å²) in [6.45, 7) is 6.99. The van der Waals surface area contributed by atoms with Crippen molar-refractivity contribution in [2.24, 2.45) is 5.92 Å². The van der Waals surface area contributed by atoms with Gasteiger partial charge in [0.05, 0.1) is 27.8 Å². The number of nitrogens with zero attached hydrogens (tertiary/aromatic N) is 1. The molecule has 0 saturated carbocycles. The van der Waals surface area contributed by atoms with E-state index in [9.17, 15) is 14.4 Å². The Morgan fingerprint density at radius 1 is 1.03 bits per heavy atom. The molecule has 1 aliphatic heterocycles. The van der Waals surface area contributed by atoms with Crippen molar-refractivity contribution >= 4 is 61.5 Å². The van der Waals surface area contributed by atoms with Crippen LogP contribution in [0.3, 0.4) is 0 Å². The number of carbonyl (C=O) groups is 3. The van der Waals surface area contributed by atoms with Crippen LogP contribution in [0.4, 0.5) is 10.5 Å². The van der Waals surface area contributed by atoms with Crippen LogP contribution < -0.4 is 19.7 Å². The highest BCUT2D eigenvalue weighted by molar-refractivity contribution is 9.11. The van der Waals surface area contributed by atoms with Crippen LogP contribution in [0.1, 0.15) is 26.3 Å². The molecule has 2 aromatic carbocycles. The molecular weight excluding hydrogens is 544 g/mol. The van der Waals surface area contributed by atoms with Crippen molar-refractivity contribution in [3.8, 4) is 11.5 Å². The summed E-state index contributed by atoms with van der Waals surface area (Å²) in [5, 5.41) is 2.22. The molecule has 168 valence electrons. The minimum Gasteiger partial charge on any atom is -0.494 e. The number of halogens is 2. The van der Waals surface area contributed by atoms with E-state index in [1.54, 1.807) is 36.4 Å². The fourth-order valence-corrected chi connectivity index (χ4v) is 4.42. The predicted molar refractivity (Wildman–Crippen MR) is 129 cm³/mol. The van der Waals surface area contributed by atoms with Crippen molar-refractivity contribution in [2.75, 3.05) is 18.1 Å². The van der Waals surface area contributed by atoms with Crippen molar-refractivity contribution in [1.29, 1.82) is 0 Å². The van der Waals surface area contributed by atoms with E-state index >= 15 is 0 Å². The lowest BCUT2D eigenvalue weighted by atomic mass is 10.1. The second kappa shape index (κ2) is 10.3. The maximum absolute atomic E-state index is 13.1. The molecule has 4 amide bonds. The van der Waals surface area contributed by atoms with Gasteiger partial charge < -0.3 is 9.47 Å². The summed E-state index contributed by atoms with van der Waals surface area (Å²) < 4.78 is 12.5. The van der Waals surface area contributed by atoms with Crippen LogP contribution in [0.25, 0.3) is 6.08 Å². The van der Waals surface area contributed by atoms with E-state index in [0.29, 0.717) is 50.8 Å². The van der Waals surface area contributed by atoms with Crippen molar-refractivity contribution < 1.29 is 23.9 Å². The van der Waals surface area contributed by atoms with Crippen LogP contribution in [-0.2, 0) is 9.59 Å². The zero-order valence-corrected chi connectivity index (χ0v) is 20.9. The van der Waals surface area contributed by atoms with Crippen LogP contribution >= 0.6 is 31.9 Å².